The zero-order chi connectivity index (χ0) is 13.3. The van der Waals surface area contributed by atoms with Gasteiger partial charge in [-0.25, -0.2) is 0 Å². The molecule has 0 radical (unpaired) electrons. The third kappa shape index (κ3) is 2.10. The van der Waals surface area contributed by atoms with Gasteiger partial charge in [0.1, 0.15) is 5.54 Å². The summed E-state index contributed by atoms with van der Waals surface area (Å²) in [5.74, 6) is 2.85. The molecular formula is C14H20N2O2. The minimum Gasteiger partial charge on any atom is -0.340 e. The molecule has 1 saturated heterocycles. The van der Waals surface area contributed by atoms with Gasteiger partial charge in [0.25, 0.3) is 0 Å². The second-order valence-electron chi connectivity index (χ2n) is 5.43. The lowest BCUT2D eigenvalue weighted by atomic mass is 9.90. The molecule has 0 spiro atoms. The van der Waals surface area contributed by atoms with Gasteiger partial charge in [0.15, 0.2) is 0 Å². The van der Waals surface area contributed by atoms with Crippen molar-refractivity contribution in [2.45, 2.75) is 51.1 Å². The van der Waals surface area contributed by atoms with E-state index in [-0.39, 0.29) is 24.4 Å². The Morgan fingerprint density at radius 2 is 2.22 bits per heavy atom. The molecule has 1 aliphatic heterocycles. The first kappa shape index (κ1) is 12.9. The number of hydrogen-bond acceptors (Lipinski definition) is 2. The summed E-state index contributed by atoms with van der Waals surface area (Å²) in [4.78, 5) is 26.1. The Labute approximate surface area is 108 Å². The van der Waals surface area contributed by atoms with E-state index in [9.17, 15) is 9.59 Å². The number of terminal acetylenes is 1. The molecule has 0 aromatic heterocycles. The fourth-order valence-corrected chi connectivity index (χ4v) is 2.75. The van der Waals surface area contributed by atoms with Crippen molar-refractivity contribution in [3.8, 4) is 12.3 Å². The van der Waals surface area contributed by atoms with Gasteiger partial charge in [-0.15, -0.1) is 12.3 Å². The molecule has 1 aliphatic carbocycles. The Kier molecular flexibility index (Phi) is 3.34. The highest BCUT2D eigenvalue weighted by Gasteiger charge is 2.53. The van der Waals surface area contributed by atoms with Crippen LogP contribution in [-0.2, 0) is 9.59 Å². The van der Waals surface area contributed by atoms with E-state index in [0.29, 0.717) is 12.3 Å². The second-order valence-corrected chi connectivity index (χ2v) is 5.43. The van der Waals surface area contributed by atoms with Gasteiger partial charge in [-0.3, -0.25) is 9.59 Å². The molecule has 1 saturated carbocycles. The summed E-state index contributed by atoms with van der Waals surface area (Å²) >= 11 is 0. The molecule has 1 heterocycles. The molecule has 2 amide bonds. The summed E-state index contributed by atoms with van der Waals surface area (Å²) in [7, 11) is 0. The van der Waals surface area contributed by atoms with Gasteiger partial charge in [0, 0.05) is 12.5 Å². The molecule has 0 bridgehead atoms. The zero-order valence-electron chi connectivity index (χ0n) is 11.0. The van der Waals surface area contributed by atoms with Gasteiger partial charge >= 0.3 is 0 Å². The van der Waals surface area contributed by atoms with Gasteiger partial charge < -0.3 is 10.2 Å². The van der Waals surface area contributed by atoms with E-state index >= 15 is 0 Å². The highest BCUT2D eigenvalue weighted by Crippen LogP contribution is 2.42. The third-order valence-electron chi connectivity index (χ3n) is 4.08. The number of amides is 2. The smallest absolute Gasteiger partial charge is 0.249 e. The molecule has 1 N–H and O–H groups in total. The van der Waals surface area contributed by atoms with Gasteiger partial charge in [0.2, 0.25) is 11.8 Å². The molecule has 0 aromatic carbocycles. The van der Waals surface area contributed by atoms with E-state index in [1.165, 1.54) is 0 Å². The summed E-state index contributed by atoms with van der Waals surface area (Å²) in [5, 5.41) is 2.87. The molecule has 4 heteroatoms. The van der Waals surface area contributed by atoms with Gasteiger partial charge in [0.05, 0.1) is 6.54 Å². The maximum atomic E-state index is 12.6. The molecule has 4 nitrogen and oxygen atoms in total. The number of nitrogens with one attached hydrogen (secondary N) is 1. The minimum atomic E-state index is -0.711. The predicted molar refractivity (Wildman–Crippen MR) is 68.5 cm³/mol. The van der Waals surface area contributed by atoms with E-state index in [2.05, 4.69) is 11.2 Å². The number of piperazine rings is 1. The predicted octanol–water partition coefficient (Wildman–Crippen LogP) is 0.915. The van der Waals surface area contributed by atoms with Crippen LogP contribution < -0.4 is 5.32 Å². The summed E-state index contributed by atoms with van der Waals surface area (Å²) in [5.41, 5.74) is -0.711. The average molecular weight is 248 g/mol. The van der Waals surface area contributed by atoms with E-state index in [1.807, 2.05) is 13.8 Å². The lowest BCUT2D eigenvalue weighted by molar-refractivity contribution is -0.152. The number of carbonyl (C=O) groups excluding carboxylic acids is 2. The Bertz CT molecular complexity index is 409. The molecule has 2 aliphatic rings. The SMILES string of the molecule is C#CCC(CC)N1CC(=O)NC(C)(C2CC2)C1=O. The van der Waals surface area contributed by atoms with Crippen molar-refractivity contribution in [3.05, 3.63) is 0 Å². The van der Waals surface area contributed by atoms with Crippen molar-refractivity contribution in [2.24, 2.45) is 5.92 Å². The van der Waals surface area contributed by atoms with Crippen LogP contribution in [-0.4, -0.2) is 34.8 Å². The third-order valence-corrected chi connectivity index (χ3v) is 4.08. The van der Waals surface area contributed by atoms with Crippen molar-refractivity contribution in [3.63, 3.8) is 0 Å². The number of hydrogen-bond donors (Lipinski definition) is 1. The first-order valence-electron chi connectivity index (χ1n) is 6.58. The first-order chi connectivity index (χ1) is 8.52. The molecular weight excluding hydrogens is 228 g/mol. The van der Waals surface area contributed by atoms with Crippen LogP contribution in [0.4, 0.5) is 0 Å². The van der Waals surface area contributed by atoms with Gasteiger partial charge in [-0.2, -0.15) is 0 Å². The number of nitrogens with zero attached hydrogens (tertiary/aromatic N) is 1. The average Bonchev–Trinajstić information content (AvgIpc) is 3.15. The largest absolute Gasteiger partial charge is 0.340 e. The van der Waals surface area contributed by atoms with Crippen LogP contribution in [0, 0.1) is 18.3 Å². The molecule has 2 unspecified atom stereocenters. The van der Waals surface area contributed by atoms with Crippen LogP contribution in [0.25, 0.3) is 0 Å². The lowest BCUT2D eigenvalue weighted by Crippen LogP contribution is -2.68. The zero-order valence-corrected chi connectivity index (χ0v) is 11.0. The molecule has 0 aromatic rings. The Balaban J connectivity index is 2.22. The van der Waals surface area contributed by atoms with Crippen LogP contribution in [0.1, 0.15) is 39.5 Å². The molecule has 2 fully saturated rings. The topological polar surface area (TPSA) is 49.4 Å². The molecule has 2 rings (SSSR count). The maximum absolute atomic E-state index is 12.6. The van der Waals surface area contributed by atoms with E-state index in [4.69, 9.17) is 6.42 Å². The highest BCUT2D eigenvalue weighted by molar-refractivity contribution is 5.98. The lowest BCUT2D eigenvalue weighted by Gasteiger charge is -2.43. The van der Waals surface area contributed by atoms with Crippen LogP contribution in [0.15, 0.2) is 0 Å². The molecule has 18 heavy (non-hydrogen) atoms. The van der Waals surface area contributed by atoms with Crippen molar-refractivity contribution in [1.82, 2.24) is 10.2 Å². The fourth-order valence-electron chi connectivity index (χ4n) is 2.75. The second kappa shape index (κ2) is 4.64. The molecule has 2 atom stereocenters. The van der Waals surface area contributed by atoms with Crippen molar-refractivity contribution in [1.29, 1.82) is 0 Å². The van der Waals surface area contributed by atoms with E-state index < -0.39 is 5.54 Å². The Morgan fingerprint density at radius 3 is 2.72 bits per heavy atom. The van der Waals surface area contributed by atoms with Crippen molar-refractivity contribution >= 4 is 11.8 Å². The highest BCUT2D eigenvalue weighted by atomic mass is 16.2. The van der Waals surface area contributed by atoms with Crippen molar-refractivity contribution < 1.29 is 9.59 Å². The van der Waals surface area contributed by atoms with Gasteiger partial charge in [-0.1, -0.05) is 6.92 Å². The molecule has 98 valence electrons. The maximum Gasteiger partial charge on any atom is 0.249 e. The monoisotopic (exact) mass is 248 g/mol. The summed E-state index contributed by atoms with van der Waals surface area (Å²) < 4.78 is 0. The summed E-state index contributed by atoms with van der Waals surface area (Å²) in [6, 6.07) is -0.0216. The summed E-state index contributed by atoms with van der Waals surface area (Å²) in [6.45, 7) is 3.98. The minimum absolute atomic E-state index is 0.0216. The Hall–Kier alpha value is -1.50. The fraction of sp³-hybridized carbons (Fsp3) is 0.714. The normalized spacial score (nSPS) is 29.7. The number of carbonyl (C=O) groups is 2. The van der Waals surface area contributed by atoms with Crippen LogP contribution >= 0.6 is 0 Å². The van der Waals surface area contributed by atoms with Crippen LogP contribution in [0.2, 0.25) is 0 Å². The van der Waals surface area contributed by atoms with Crippen LogP contribution in [0.3, 0.4) is 0 Å². The summed E-state index contributed by atoms with van der Waals surface area (Å²) in [6.07, 6.45) is 8.67. The van der Waals surface area contributed by atoms with E-state index in [1.54, 1.807) is 4.90 Å². The van der Waals surface area contributed by atoms with E-state index in [0.717, 1.165) is 19.3 Å². The van der Waals surface area contributed by atoms with Crippen molar-refractivity contribution in [2.75, 3.05) is 6.54 Å². The van der Waals surface area contributed by atoms with Gasteiger partial charge in [-0.05, 0) is 32.1 Å². The quantitative estimate of drug-likeness (QED) is 0.752. The number of rotatable bonds is 4. The Morgan fingerprint density at radius 1 is 1.56 bits per heavy atom. The standard InChI is InChI=1S/C14H20N2O2/c1-4-6-11(5-2)16-9-12(17)15-14(3,13(16)18)10-7-8-10/h1,10-11H,5-9H2,2-3H3,(H,15,17). The van der Waals surface area contributed by atoms with Crippen LogP contribution in [0.5, 0.6) is 0 Å². The first-order valence-corrected chi connectivity index (χ1v) is 6.58.